The van der Waals surface area contributed by atoms with Crippen molar-refractivity contribution < 1.29 is 14.7 Å². The molecule has 16 heavy (non-hydrogen) atoms. The zero-order valence-corrected chi connectivity index (χ0v) is 9.95. The third-order valence-electron chi connectivity index (χ3n) is 1.99. The summed E-state index contributed by atoms with van der Waals surface area (Å²) in [7, 11) is 0. The van der Waals surface area contributed by atoms with Gasteiger partial charge < -0.3 is 15.3 Å². The fourth-order valence-electron chi connectivity index (χ4n) is 1.20. The Morgan fingerprint density at radius 2 is 2.06 bits per heavy atom. The largest absolute Gasteiger partial charge is 0.481 e. The molecule has 0 rings (SSSR count). The molecule has 0 aliphatic heterocycles. The van der Waals surface area contributed by atoms with Gasteiger partial charge in [-0.05, 0) is 13.8 Å². The zero-order valence-electron chi connectivity index (χ0n) is 9.95. The van der Waals surface area contributed by atoms with E-state index in [0.29, 0.717) is 19.6 Å². The Hall–Kier alpha value is -1.36. The Bertz CT molecular complexity index is 264. The Kier molecular flexibility index (Phi) is 7.20. The summed E-state index contributed by atoms with van der Waals surface area (Å²) in [5, 5.41) is 11.2. The molecule has 0 aromatic heterocycles. The van der Waals surface area contributed by atoms with E-state index < -0.39 is 5.97 Å². The maximum atomic E-state index is 11.6. The molecule has 0 bridgehead atoms. The van der Waals surface area contributed by atoms with Gasteiger partial charge in [0.1, 0.15) is 0 Å². The number of likely N-dealkylation sites (N-methyl/N-ethyl adjacent to an activating group) is 1. The van der Waals surface area contributed by atoms with Crippen LogP contribution in [0.1, 0.15) is 20.3 Å². The zero-order chi connectivity index (χ0) is 12.6. The monoisotopic (exact) mass is 228 g/mol. The molecule has 0 aromatic carbocycles. The van der Waals surface area contributed by atoms with Gasteiger partial charge in [0.2, 0.25) is 5.91 Å². The number of carboxylic acids is 1. The molecule has 0 spiro atoms. The molecule has 5 heteroatoms. The van der Waals surface area contributed by atoms with E-state index in [2.05, 4.69) is 11.9 Å². The molecular formula is C11H20N2O3. The summed E-state index contributed by atoms with van der Waals surface area (Å²) in [6.45, 7) is 9.19. The number of hydrogen-bond acceptors (Lipinski definition) is 3. The molecule has 2 N–H and O–H groups in total. The van der Waals surface area contributed by atoms with Crippen LogP contribution in [-0.2, 0) is 9.59 Å². The highest BCUT2D eigenvalue weighted by atomic mass is 16.4. The van der Waals surface area contributed by atoms with Crippen molar-refractivity contribution in [2.75, 3.05) is 26.2 Å². The van der Waals surface area contributed by atoms with E-state index in [1.54, 1.807) is 4.90 Å². The number of nitrogens with one attached hydrogen (secondary N) is 1. The van der Waals surface area contributed by atoms with Crippen LogP contribution < -0.4 is 5.32 Å². The van der Waals surface area contributed by atoms with Crippen molar-refractivity contribution in [2.45, 2.75) is 20.3 Å². The molecule has 0 heterocycles. The van der Waals surface area contributed by atoms with Gasteiger partial charge in [-0.25, -0.2) is 0 Å². The minimum absolute atomic E-state index is 0.0277. The Morgan fingerprint density at radius 3 is 2.50 bits per heavy atom. The lowest BCUT2D eigenvalue weighted by Gasteiger charge is -2.21. The van der Waals surface area contributed by atoms with Crippen molar-refractivity contribution >= 4 is 11.9 Å². The molecule has 92 valence electrons. The second kappa shape index (κ2) is 7.87. The van der Waals surface area contributed by atoms with Gasteiger partial charge in [-0.3, -0.25) is 9.59 Å². The van der Waals surface area contributed by atoms with Crippen LogP contribution in [0.3, 0.4) is 0 Å². The van der Waals surface area contributed by atoms with Crippen LogP contribution in [0.4, 0.5) is 0 Å². The summed E-state index contributed by atoms with van der Waals surface area (Å²) in [6, 6.07) is 0. The fraction of sp³-hybridized carbons (Fsp3) is 0.636. The highest BCUT2D eigenvalue weighted by Gasteiger charge is 2.10. The average molecular weight is 228 g/mol. The van der Waals surface area contributed by atoms with Gasteiger partial charge in [0.15, 0.2) is 0 Å². The Balaban J connectivity index is 3.84. The SMILES string of the molecule is C=C(C)CN(CC)C(=O)CNCCC(=O)O. The highest BCUT2D eigenvalue weighted by molar-refractivity contribution is 5.78. The summed E-state index contributed by atoms with van der Waals surface area (Å²) < 4.78 is 0. The fourth-order valence-corrected chi connectivity index (χ4v) is 1.20. The molecule has 0 aliphatic rings. The van der Waals surface area contributed by atoms with Crippen molar-refractivity contribution in [3.05, 3.63) is 12.2 Å². The van der Waals surface area contributed by atoms with E-state index in [1.807, 2.05) is 13.8 Å². The quantitative estimate of drug-likeness (QED) is 0.468. The lowest BCUT2D eigenvalue weighted by molar-refractivity contribution is -0.137. The molecule has 0 saturated heterocycles. The van der Waals surface area contributed by atoms with Crippen LogP contribution in [-0.4, -0.2) is 48.1 Å². The number of amides is 1. The first-order valence-corrected chi connectivity index (χ1v) is 5.32. The van der Waals surface area contributed by atoms with Crippen molar-refractivity contribution in [2.24, 2.45) is 0 Å². The predicted molar refractivity (Wildman–Crippen MR) is 62.2 cm³/mol. The molecule has 0 aromatic rings. The predicted octanol–water partition coefficient (Wildman–Crippen LogP) is 0.475. The number of carbonyl (C=O) groups is 2. The second-order valence-electron chi connectivity index (χ2n) is 3.69. The molecule has 0 unspecified atom stereocenters. The second-order valence-corrected chi connectivity index (χ2v) is 3.69. The van der Waals surface area contributed by atoms with Gasteiger partial charge in [-0.15, -0.1) is 0 Å². The molecule has 5 nitrogen and oxygen atoms in total. The molecule has 0 saturated carbocycles. The standard InChI is InChI=1S/C11H20N2O3/c1-4-13(8-9(2)3)10(14)7-12-6-5-11(15)16/h12H,2,4-8H2,1,3H3,(H,15,16). The smallest absolute Gasteiger partial charge is 0.304 e. The molecule has 0 aliphatic carbocycles. The maximum absolute atomic E-state index is 11.6. The van der Waals surface area contributed by atoms with Crippen LogP contribution in [0.2, 0.25) is 0 Å². The normalized spacial score (nSPS) is 9.88. The Morgan fingerprint density at radius 1 is 1.44 bits per heavy atom. The summed E-state index contributed by atoms with van der Waals surface area (Å²) in [6.07, 6.45) is 0.0277. The van der Waals surface area contributed by atoms with Crippen LogP contribution in [0.25, 0.3) is 0 Å². The van der Waals surface area contributed by atoms with E-state index in [9.17, 15) is 9.59 Å². The lowest BCUT2D eigenvalue weighted by Crippen LogP contribution is -2.39. The number of carboxylic acid groups (broad SMARTS) is 1. The first-order valence-electron chi connectivity index (χ1n) is 5.32. The highest BCUT2D eigenvalue weighted by Crippen LogP contribution is 1.95. The van der Waals surface area contributed by atoms with E-state index in [1.165, 1.54) is 0 Å². The number of hydrogen-bond donors (Lipinski definition) is 2. The molecule has 1 amide bonds. The molecule has 0 atom stereocenters. The van der Waals surface area contributed by atoms with Gasteiger partial charge in [-0.2, -0.15) is 0 Å². The van der Waals surface area contributed by atoms with Gasteiger partial charge in [0.25, 0.3) is 0 Å². The third-order valence-corrected chi connectivity index (χ3v) is 1.99. The summed E-state index contributed by atoms with van der Waals surface area (Å²) in [5.74, 6) is -0.898. The van der Waals surface area contributed by atoms with Crippen molar-refractivity contribution in [3.8, 4) is 0 Å². The first-order chi connectivity index (χ1) is 7.47. The number of carbonyl (C=O) groups excluding carboxylic acids is 1. The summed E-state index contributed by atoms with van der Waals surface area (Å²) in [4.78, 5) is 23.5. The average Bonchev–Trinajstić information content (AvgIpc) is 2.20. The number of rotatable bonds is 8. The summed E-state index contributed by atoms with van der Waals surface area (Å²) >= 11 is 0. The van der Waals surface area contributed by atoms with Gasteiger partial charge in [0.05, 0.1) is 13.0 Å². The van der Waals surface area contributed by atoms with Crippen molar-refractivity contribution in [1.29, 1.82) is 0 Å². The lowest BCUT2D eigenvalue weighted by atomic mass is 10.3. The minimum atomic E-state index is -0.866. The maximum Gasteiger partial charge on any atom is 0.304 e. The van der Waals surface area contributed by atoms with Gasteiger partial charge in [-0.1, -0.05) is 12.2 Å². The van der Waals surface area contributed by atoms with Crippen LogP contribution >= 0.6 is 0 Å². The van der Waals surface area contributed by atoms with E-state index >= 15 is 0 Å². The summed E-state index contributed by atoms with van der Waals surface area (Å²) in [5.41, 5.74) is 0.931. The van der Waals surface area contributed by atoms with Crippen LogP contribution in [0, 0.1) is 0 Å². The minimum Gasteiger partial charge on any atom is -0.481 e. The van der Waals surface area contributed by atoms with E-state index in [-0.39, 0.29) is 18.9 Å². The molecule has 0 radical (unpaired) electrons. The van der Waals surface area contributed by atoms with E-state index in [4.69, 9.17) is 5.11 Å². The molecule has 0 fully saturated rings. The van der Waals surface area contributed by atoms with Gasteiger partial charge >= 0.3 is 5.97 Å². The topological polar surface area (TPSA) is 69.6 Å². The first kappa shape index (κ1) is 14.6. The van der Waals surface area contributed by atoms with Crippen molar-refractivity contribution in [1.82, 2.24) is 10.2 Å². The van der Waals surface area contributed by atoms with Crippen LogP contribution in [0.15, 0.2) is 12.2 Å². The Labute approximate surface area is 96.1 Å². The number of aliphatic carboxylic acids is 1. The van der Waals surface area contributed by atoms with Crippen LogP contribution in [0.5, 0.6) is 0 Å². The van der Waals surface area contributed by atoms with Crippen molar-refractivity contribution in [3.63, 3.8) is 0 Å². The third kappa shape index (κ3) is 7.00. The molecular weight excluding hydrogens is 208 g/mol. The number of nitrogens with zero attached hydrogens (tertiary/aromatic N) is 1. The van der Waals surface area contributed by atoms with Gasteiger partial charge in [0, 0.05) is 19.6 Å². The van der Waals surface area contributed by atoms with E-state index in [0.717, 1.165) is 5.57 Å².